The first-order chi connectivity index (χ1) is 48.4. The Morgan fingerprint density at radius 2 is 1.54 bits per heavy atom. The summed E-state index contributed by atoms with van der Waals surface area (Å²) in [5.74, 6) is -8.68. The van der Waals surface area contributed by atoms with E-state index in [0.29, 0.717) is 4.73 Å². The van der Waals surface area contributed by atoms with Gasteiger partial charge in [-0.3, -0.25) is 38.2 Å². The molecule has 10 unspecified atom stereocenters. The van der Waals surface area contributed by atoms with E-state index in [2.05, 4.69) is 48.1 Å². The predicted octanol–water partition coefficient (Wildman–Crippen LogP) is 3.40. The normalized spacial score (nSPS) is 23.7. The molecule has 12 rings (SSSR count). The molecule has 10 atom stereocenters. The second kappa shape index (κ2) is 28.8. The molecule has 4 aliphatic rings. The Balaban J connectivity index is 1.03. The Bertz CT molecular complexity index is 4820. The number of amides is 6. The summed E-state index contributed by atoms with van der Waals surface area (Å²) < 4.78 is 50.2. The molecule has 6 amide bonds. The summed E-state index contributed by atoms with van der Waals surface area (Å²) in [6.45, 7) is 7.00. The number of allylic oxidation sites excluding steroid dienone is 1. The highest BCUT2D eigenvalue weighted by molar-refractivity contribution is 7.51. The van der Waals surface area contributed by atoms with Crippen LogP contribution in [0.3, 0.4) is 0 Å². The van der Waals surface area contributed by atoms with Gasteiger partial charge in [0.05, 0.1) is 48.8 Å². The highest BCUT2D eigenvalue weighted by Gasteiger charge is 2.51. The number of benzene rings is 1. The average Bonchev–Trinajstić information content (AvgIpc) is 1.57. The number of carbonyl (C=O) groups is 8. The number of aromatic nitrogens is 7. The van der Waals surface area contributed by atoms with Gasteiger partial charge < -0.3 is 91.1 Å². The standard InChI is InChI=1S/C61H61N14O21PS5/c1-22(48(62)78)63-49(79)31-18-101-57(68-31)42-36(77)11-27-41(70-42)30-16-99-55(65-30)29-15-94-59(84)44-28-14-92-45(46(60(85)93-13-26-9-8-10-35(38(26)28)75(44)87)96-37-12-61(5,86)47(25(4)95-37)74(6)21-97(88,89)90)43(58-69-32(19-102-58)50(80)64-29)73-52(82)34-20-100-56(67-34)40(24(3)91-7)72-53(83)39(23(2)76)71-51(81)33-17-98-54(27)66-33/h8-11,16-20,23,25,29,37,39,43,45-47,76-77,86-87H,1,12-15,21H2,2-7H3,(H2,62,78)(H,63,79)(H,64,80)(H,71,81)(H,72,83)(H,73,82)(H2,88,89,90)/b40-24+. The maximum Gasteiger partial charge on any atom is 0.358 e. The number of cyclic esters (lactones) is 2. The zero-order valence-corrected chi connectivity index (χ0v) is 59.1. The van der Waals surface area contributed by atoms with E-state index in [1.165, 1.54) is 91.9 Å². The summed E-state index contributed by atoms with van der Waals surface area (Å²) in [5, 5.41) is 67.0. The molecule has 35 nitrogen and oxygen atoms in total. The molecule has 13 N–H and O–H groups in total. The van der Waals surface area contributed by atoms with Crippen LogP contribution < -0.4 is 32.3 Å². The number of rotatable bonds is 11. The van der Waals surface area contributed by atoms with Crippen molar-refractivity contribution < 1.29 is 102 Å². The van der Waals surface area contributed by atoms with Crippen LogP contribution in [0.15, 0.2) is 69.2 Å². The van der Waals surface area contributed by atoms with Crippen LogP contribution in [0.2, 0.25) is 0 Å². The third-order valence-corrected chi connectivity index (χ3v) is 21.9. The van der Waals surface area contributed by atoms with Crippen molar-refractivity contribution >= 4 is 128 Å². The summed E-state index contributed by atoms with van der Waals surface area (Å²) in [7, 11) is -2.04. The van der Waals surface area contributed by atoms with E-state index in [4.69, 9.17) is 49.1 Å². The van der Waals surface area contributed by atoms with Gasteiger partial charge in [0.25, 0.3) is 29.5 Å². The van der Waals surface area contributed by atoms with Gasteiger partial charge in [0.1, 0.15) is 126 Å². The first-order valence-electron chi connectivity index (χ1n) is 30.4. The van der Waals surface area contributed by atoms with E-state index in [0.717, 1.165) is 56.7 Å². The van der Waals surface area contributed by atoms with Gasteiger partial charge in [-0.2, -0.15) is 4.73 Å². The first-order valence-corrected chi connectivity index (χ1v) is 36.6. The lowest BCUT2D eigenvalue weighted by molar-refractivity contribution is -0.281. The van der Waals surface area contributed by atoms with Gasteiger partial charge in [-0.05, 0) is 52.4 Å². The number of thiazole rings is 5. The Kier molecular flexibility index (Phi) is 20.4. The number of methoxy groups -OCH3 is 1. The van der Waals surface area contributed by atoms with Crippen LogP contribution in [0.25, 0.3) is 49.3 Å². The molecule has 0 radical (unpaired) electrons. The number of nitrogens with zero attached hydrogens (tertiary/aromatic N) is 8. The van der Waals surface area contributed by atoms with Gasteiger partial charge >= 0.3 is 19.5 Å². The van der Waals surface area contributed by atoms with Crippen LogP contribution in [-0.2, 0) is 60.6 Å². The molecule has 4 aliphatic heterocycles. The molecule has 536 valence electrons. The lowest BCUT2D eigenvalue weighted by Gasteiger charge is -2.49. The molecular weight excluding hydrogens is 1460 g/mol. The number of pyridine rings is 1. The Hall–Kier alpha value is -9.39. The fourth-order valence-corrected chi connectivity index (χ4v) is 16.9. The van der Waals surface area contributed by atoms with Gasteiger partial charge in [0.15, 0.2) is 18.1 Å². The second-order valence-electron chi connectivity index (χ2n) is 23.9. The molecule has 1 saturated heterocycles. The third kappa shape index (κ3) is 14.7. The number of fused-ring (bicyclic) bond motifs is 15. The van der Waals surface area contributed by atoms with Gasteiger partial charge in [-0.15, -0.1) is 56.7 Å². The zero-order chi connectivity index (χ0) is 73.1. The zero-order valence-electron chi connectivity index (χ0n) is 54.1. The Morgan fingerprint density at radius 3 is 2.25 bits per heavy atom. The minimum absolute atomic E-state index is 0.00452. The number of aliphatic hydroxyl groups excluding tert-OH is 1. The quantitative estimate of drug-likeness (QED) is 0.0290. The highest BCUT2D eigenvalue weighted by atomic mass is 32.1. The van der Waals surface area contributed by atoms with Crippen LogP contribution in [0.5, 0.6) is 5.75 Å². The lowest BCUT2D eigenvalue weighted by Crippen LogP contribution is -2.62. The summed E-state index contributed by atoms with van der Waals surface area (Å²) in [6.07, 6.45) is -9.45. The number of primary amides is 1. The lowest BCUT2D eigenvalue weighted by atomic mass is 9.85. The Labute approximate surface area is 595 Å². The molecule has 1 fully saturated rings. The minimum Gasteiger partial charge on any atom is -0.506 e. The maximum atomic E-state index is 15.2. The average molecular weight is 1520 g/mol. The smallest absolute Gasteiger partial charge is 0.358 e. The number of hydrogen-bond acceptors (Lipinski definition) is 31. The number of aliphatic hydroxyl groups is 2. The maximum absolute atomic E-state index is 15.2. The van der Waals surface area contributed by atoms with Crippen molar-refractivity contribution in [2.45, 2.75) is 108 Å². The van der Waals surface area contributed by atoms with E-state index in [-0.39, 0.29) is 104 Å². The molecule has 12 bridgehead atoms. The molecule has 102 heavy (non-hydrogen) atoms. The number of aromatic hydroxyl groups is 1. The van der Waals surface area contributed by atoms with Crippen molar-refractivity contribution in [1.29, 1.82) is 0 Å². The van der Waals surface area contributed by atoms with E-state index in [1.807, 2.05) is 0 Å². The molecule has 7 aromatic heterocycles. The molecule has 11 heterocycles. The van der Waals surface area contributed by atoms with Crippen LogP contribution in [0.4, 0.5) is 0 Å². The van der Waals surface area contributed by atoms with Crippen molar-refractivity contribution in [2.75, 3.05) is 27.1 Å². The van der Waals surface area contributed by atoms with Crippen LogP contribution >= 0.6 is 64.3 Å². The van der Waals surface area contributed by atoms with Crippen molar-refractivity contribution in [1.82, 2.24) is 66.1 Å². The topological polar surface area (TPSA) is 502 Å². The van der Waals surface area contributed by atoms with E-state index >= 15 is 14.4 Å². The van der Waals surface area contributed by atoms with Gasteiger partial charge in [0.2, 0.25) is 5.91 Å². The molecule has 41 heteroatoms. The first kappa shape index (κ1) is 72.4. The number of hydrogen-bond donors (Lipinski definition) is 12. The SMILES string of the molecule is C=C(NC(=O)c1csc(-c2nc3c(cc2O)-c2nc(cs2)C(=O)NC(C(C)O)C(=O)N/C(=C(\C)OC)c2nc(cs2)C(=O)NC2c4nc(cs4)C(=O)NC(COC(=O)c4c5c6c(cccc6n4O)COC(=O)C(OC4CC(C)(O)C(N(C)CP(=O)(O)O)C(C)O4)C2OC5)c2nc-3cs2)n1)C(N)=O. The largest absolute Gasteiger partial charge is 0.506 e. The Morgan fingerprint density at radius 1 is 0.882 bits per heavy atom. The molecule has 1 aromatic carbocycles. The van der Waals surface area contributed by atoms with E-state index in [1.54, 1.807) is 6.07 Å². The van der Waals surface area contributed by atoms with Crippen molar-refractivity contribution in [2.24, 2.45) is 5.73 Å². The predicted molar refractivity (Wildman–Crippen MR) is 361 cm³/mol. The summed E-state index contributed by atoms with van der Waals surface area (Å²) in [6, 6.07) is -0.201. The van der Waals surface area contributed by atoms with Crippen LogP contribution in [-0.4, -0.2) is 193 Å². The number of ether oxygens (including phenoxy) is 6. The van der Waals surface area contributed by atoms with Crippen molar-refractivity contribution in [3.63, 3.8) is 0 Å². The van der Waals surface area contributed by atoms with Gasteiger partial charge in [-0.25, -0.2) is 39.5 Å². The van der Waals surface area contributed by atoms with Gasteiger partial charge in [0, 0.05) is 49.8 Å². The summed E-state index contributed by atoms with van der Waals surface area (Å²) >= 11 is 4.29. The number of esters is 2. The van der Waals surface area contributed by atoms with Crippen LogP contribution in [0.1, 0.15) is 125 Å². The summed E-state index contributed by atoms with van der Waals surface area (Å²) in [4.78, 5) is 163. The van der Waals surface area contributed by atoms with Crippen molar-refractivity contribution in [3.05, 3.63) is 124 Å². The molecule has 8 aromatic rings. The third-order valence-electron chi connectivity index (χ3n) is 16.6. The van der Waals surface area contributed by atoms with Crippen molar-refractivity contribution in [3.8, 4) is 38.4 Å². The highest BCUT2D eigenvalue weighted by Crippen LogP contribution is 2.44. The molecule has 0 aliphatic carbocycles. The molecule has 0 saturated carbocycles. The second-order valence-corrected chi connectivity index (χ2v) is 29.9. The van der Waals surface area contributed by atoms with E-state index in [9.17, 15) is 58.9 Å². The molecular formula is C61H61N14O21PS5. The summed E-state index contributed by atoms with van der Waals surface area (Å²) in [5.41, 5.74) is 1.09. The number of nitrogens with one attached hydrogen (secondary N) is 5. The minimum atomic E-state index is -4.69. The van der Waals surface area contributed by atoms with Gasteiger partial charge in [-0.1, -0.05) is 18.7 Å². The van der Waals surface area contributed by atoms with E-state index < -0.39 is 165 Å². The number of nitrogens with two attached hydrogens (primary N) is 1. The monoisotopic (exact) mass is 1520 g/mol. The number of likely N-dealkylation sites (N-methyl/N-ethyl adjacent to an activating group) is 1. The fourth-order valence-electron chi connectivity index (χ4n) is 12.0. The molecule has 0 spiro atoms. The van der Waals surface area contributed by atoms with Crippen LogP contribution in [0, 0.1) is 0 Å². The number of carbonyl (C=O) groups excluding carboxylic acids is 8. The fraction of sp³-hybridized carbons (Fsp3) is 0.344.